The van der Waals surface area contributed by atoms with Crippen molar-refractivity contribution in [2.24, 2.45) is 0 Å². The monoisotopic (exact) mass is 352 g/mol. The second kappa shape index (κ2) is 6.37. The van der Waals surface area contributed by atoms with Crippen molar-refractivity contribution in [3.63, 3.8) is 0 Å². The summed E-state index contributed by atoms with van der Waals surface area (Å²) in [6, 6.07) is 13.0. The van der Waals surface area contributed by atoms with Crippen molar-refractivity contribution in [3.05, 3.63) is 59.9 Å². The minimum absolute atomic E-state index is 0.0661. The van der Waals surface area contributed by atoms with Gasteiger partial charge in [0.2, 0.25) is 11.6 Å². The molecule has 0 fully saturated rings. The first kappa shape index (κ1) is 15.3. The SMILES string of the molecule is COC(=O)c1ccc(Oc2ncnc3scc(-c4ccccc4)c23)o1. The molecule has 3 aromatic heterocycles. The first-order chi connectivity index (χ1) is 12.3. The van der Waals surface area contributed by atoms with Gasteiger partial charge >= 0.3 is 5.97 Å². The first-order valence-corrected chi connectivity index (χ1v) is 8.28. The number of fused-ring (bicyclic) bond motifs is 1. The average molecular weight is 352 g/mol. The highest BCUT2D eigenvalue weighted by atomic mass is 32.1. The highest BCUT2D eigenvalue weighted by Crippen LogP contribution is 2.39. The lowest BCUT2D eigenvalue weighted by Crippen LogP contribution is -1.98. The van der Waals surface area contributed by atoms with Gasteiger partial charge in [-0.05, 0) is 11.6 Å². The Kier molecular flexibility index (Phi) is 3.91. The van der Waals surface area contributed by atoms with Crippen LogP contribution in [-0.4, -0.2) is 23.0 Å². The maximum absolute atomic E-state index is 11.5. The van der Waals surface area contributed by atoms with Gasteiger partial charge in [-0.15, -0.1) is 11.3 Å². The Labute approximate surface area is 146 Å². The number of carbonyl (C=O) groups excluding carboxylic acids is 1. The molecule has 4 aromatic rings. The van der Waals surface area contributed by atoms with Crippen molar-refractivity contribution >= 4 is 27.5 Å². The zero-order valence-corrected chi connectivity index (χ0v) is 13.9. The predicted octanol–water partition coefficient (Wildman–Crippen LogP) is 4.53. The number of aromatic nitrogens is 2. The standard InChI is InChI=1S/C18H12N2O4S/c1-22-18(21)13-7-8-14(23-13)24-16-15-12(11-5-3-2-4-6-11)9-25-17(15)20-10-19-16/h2-10H,1H3. The van der Waals surface area contributed by atoms with Crippen molar-refractivity contribution in [2.45, 2.75) is 0 Å². The number of rotatable bonds is 4. The smallest absolute Gasteiger partial charge is 0.374 e. The lowest BCUT2D eigenvalue weighted by atomic mass is 10.1. The molecule has 0 spiro atoms. The summed E-state index contributed by atoms with van der Waals surface area (Å²) in [5.74, 6) is 0.0288. The van der Waals surface area contributed by atoms with Gasteiger partial charge in [-0.1, -0.05) is 30.3 Å². The molecular formula is C18H12N2O4S. The van der Waals surface area contributed by atoms with Crippen LogP contribution in [0, 0.1) is 0 Å². The van der Waals surface area contributed by atoms with E-state index in [0.717, 1.165) is 21.3 Å². The van der Waals surface area contributed by atoms with Gasteiger partial charge in [-0.25, -0.2) is 14.8 Å². The fraction of sp³-hybridized carbons (Fsp3) is 0.0556. The van der Waals surface area contributed by atoms with Gasteiger partial charge in [-0.3, -0.25) is 0 Å². The summed E-state index contributed by atoms with van der Waals surface area (Å²) in [6.45, 7) is 0. The normalized spacial score (nSPS) is 10.8. The molecule has 6 nitrogen and oxygen atoms in total. The van der Waals surface area contributed by atoms with E-state index in [0.29, 0.717) is 5.88 Å². The summed E-state index contributed by atoms with van der Waals surface area (Å²) in [7, 11) is 1.29. The third kappa shape index (κ3) is 2.85. The van der Waals surface area contributed by atoms with E-state index in [1.165, 1.54) is 30.8 Å². The Morgan fingerprint density at radius 1 is 1.12 bits per heavy atom. The lowest BCUT2D eigenvalue weighted by Gasteiger charge is -2.05. The number of hydrogen-bond acceptors (Lipinski definition) is 7. The van der Waals surface area contributed by atoms with Crippen LogP contribution in [0.3, 0.4) is 0 Å². The van der Waals surface area contributed by atoms with Crippen molar-refractivity contribution in [2.75, 3.05) is 7.11 Å². The van der Waals surface area contributed by atoms with E-state index < -0.39 is 5.97 Å². The zero-order chi connectivity index (χ0) is 17.2. The molecule has 0 unspecified atom stereocenters. The number of methoxy groups -OCH3 is 1. The van der Waals surface area contributed by atoms with Crippen molar-refractivity contribution in [3.8, 4) is 23.0 Å². The van der Waals surface area contributed by atoms with Gasteiger partial charge in [0.1, 0.15) is 11.2 Å². The molecule has 0 saturated carbocycles. The summed E-state index contributed by atoms with van der Waals surface area (Å²) in [4.78, 5) is 20.8. The third-order valence-corrected chi connectivity index (χ3v) is 4.47. The highest BCUT2D eigenvalue weighted by molar-refractivity contribution is 7.17. The molecule has 0 radical (unpaired) electrons. The number of furan rings is 1. The molecule has 0 aliphatic carbocycles. The minimum atomic E-state index is -0.566. The maximum Gasteiger partial charge on any atom is 0.374 e. The predicted molar refractivity (Wildman–Crippen MR) is 93.0 cm³/mol. The molecule has 0 atom stereocenters. The molecule has 7 heteroatoms. The summed E-state index contributed by atoms with van der Waals surface area (Å²) in [5, 5.41) is 2.82. The van der Waals surface area contributed by atoms with Crippen LogP contribution in [0.5, 0.6) is 11.8 Å². The van der Waals surface area contributed by atoms with E-state index in [2.05, 4.69) is 14.7 Å². The zero-order valence-electron chi connectivity index (χ0n) is 13.1. The minimum Gasteiger partial charge on any atom is -0.463 e. The van der Waals surface area contributed by atoms with Crippen LogP contribution in [0.1, 0.15) is 10.6 Å². The summed E-state index contributed by atoms with van der Waals surface area (Å²) in [6.07, 6.45) is 1.44. The van der Waals surface area contributed by atoms with Crippen LogP contribution in [-0.2, 0) is 4.74 Å². The molecule has 0 aliphatic heterocycles. The van der Waals surface area contributed by atoms with E-state index in [1.54, 1.807) is 6.07 Å². The lowest BCUT2D eigenvalue weighted by molar-refractivity contribution is 0.0560. The molecule has 25 heavy (non-hydrogen) atoms. The van der Waals surface area contributed by atoms with Gasteiger partial charge in [0, 0.05) is 17.0 Å². The van der Waals surface area contributed by atoms with Crippen molar-refractivity contribution < 1.29 is 18.7 Å². The van der Waals surface area contributed by atoms with E-state index in [4.69, 9.17) is 9.15 Å². The Morgan fingerprint density at radius 2 is 1.96 bits per heavy atom. The van der Waals surface area contributed by atoms with Gasteiger partial charge in [-0.2, -0.15) is 0 Å². The second-order valence-corrected chi connectivity index (χ2v) is 5.94. The van der Waals surface area contributed by atoms with Crippen LogP contribution in [0.15, 0.2) is 58.6 Å². The number of carbonyl (C=O) groups is 1. The van der Waals surface area contributed by atoms with E-state index in [1.807, 2.05) is 35.7 Å². The molecule has 4 rings (SSSR count). The number of esters is 1. The quantitative estimate of drug-likeness (QED) is 0.502. The fourth-order valence-corrected chi connectivity index (χ4v) is 3.34. The largest absolute Gasteiger partial charge is 0.463 e. The number of nitrogens with zero attached hydrogens (tertiary/aromatic N) is 2. The third-order valence-electron chi connectivity index (χ3n) is 3.59. The van der Waals surface area contributed by atoms with E-state index in [9.17, 15) is 4.79 Å². The van der Waals surface area contributed by atoms with Crippen LogP contribution in [0.25, 0.3) is 21.3 Å². The van der Waals surface area contributed by atoms with Crippen LogP contribution in [0.2, 0.25) is 0 Å². The summed E-state index contributed by atoms with van der Waals surface area (Å²) in [5.41, 5.74) is 2.03. The topological polar surface area (TPSA) is 74.5 Å². The average Bonchev–Trinajstić information content (AvgIpc) is 3.29. The maximum atomic E-state index is 11.5. The van der Waals surface area contributed by atoms with Gasteiger partial charge in [0.25, 0.3) is 5.95 Å². The fourth-order valence-electron chi connectivity index (χ4n) is 2.44. The Balaban J connectivity index is 1.76. The highest BCUT2D eigenvalue weighted by Gasteiger charge is 2.17. The molecule has 1 aromatic carbocycles. The van der Waals surface area contributed by atoms with Crippen LogP contribution < -0.4 is 4.74 Å². The molecule has 0 saturated heterocycles. The van der Waals surface area contributed by atoms with E-state index in [-0.39, 0.29) is 11.7 Å². The molecular weight excluding hydrogens is 340 g/mol. The van der Waals surface area contributed by atoms with Crippen molar-refractivity contribution in [1.82, 2.24) is 9.97 Å². The second-order valence-electron chi connectivity index (χ2n) is 5.09. The Morgan fingerprint density at radius 3 is 2.76 bits per heavy atom. The number of ether oxygens (including phenoxy) is 2. The molecule has 124 valence electrons. The van der Waals surface area contributed by atoms with Gasteiger partial charge < -0.3 is 13.9 Å². The number of thiophene rings is 1. The van der Waals surface area contributed by atoms with E-state index >= 15 is 0 Å². The Bertz CT molecular complexity index is 1040. The van der Waals surface area contributed by atoms with Crippen LogP contribution in [0.4, 0.5) is 0 Å². The summed E-state index contributed by atoms with van der Waals surface area (Å²) >= 11 is 1.51. The molecule has 0 bridgehead atoms. The van der Waals surface area contributed by atoms with Crippen LogP contribution >= 0.6 is 11.3 Å². The number of hydrogen-bond donors (Lipinski definition) is 0. The summed E-state index contributed by atoms with van der Waals surface area (Å²) < 4.78 is 15.7. The molecule has 0 N–H and O–H groups in total. The Hall–Kier alpha value is -3.19. The van der Waals surface area contributed by atoms with Crippen molar-refractivity contribution in [1.29, 1.82) is 0 Å². The molecule has 0 amide bonds. The first-order valence-electron chi connectivity index (χ1n) is 7.40. The van der Waals surface area contributed by atoms with Gasteiger partial charge in [0.05, 0.1) is 12.5 Å². The molecule has 0 aliphatic rings. The number of benzene rings is 1. The molecule has 3 heterocycles. The van der Waals surface area contributed by atoms with Gasteiger partial charge in [0.15, 0.2) is 0 Å².